The molecule has 372 valence electrons. The van der Waals surface area contributed by atoms with E-state index in [1.165, 1.54) is 0 Å². The lowest BCUT2D eigenvalue weighted by atomic mass is 10.0. The molecule has 4 aromatic heterocycles. The van der Waals surface area contributed by atoms with Gasteiger partial charge in [-0.25, -0.2) is 19.9 Å². The number of hydrogen-bond donors (Lipinski definition) is 4. The molecule has 0 unspecified atom stereocenters. The second-order valence-electron chi connectivity index (χ2n) is 16.9. The average molecular weight is 1130 g/mol. The van der Waals surface area contributed by atoms with Crippen LogP contribution in [0.3, 0.4) is 0 Å². The molecule has 8 rings (SSSR count). The van der Waals surface area contributed by atoms with Crippen LogP contribution in [0, 0.1) is 41.6 Å². The third-order valence-corrected chi connectivity index (χ3v) is 12.3. The molecule has 4 heterocycles. The van der Waals surface area contributed by atoms with Crippen LogP contribution < -0.4 is 31.6 Å². The zero-order valence-corrected chi connectivity index (χ0v) is 44.7. The van der Waals surface area contributed by atoms with Gasteiger partial charge in [0.1, 0.15) is 24.8 Å². The first-order valence-corrected chi connectivity index (χ1v) is 24.4. The van der Waals surface area contributed by atoms with Gasteiger partial charge in [0, 0.05) is 91.5 Å². The topological polar surface area (TPSA) is 187 Å². The zero-order valence-electron chi connectivity index (χ0n) is 41.1. The minimum absolute atomic E-state index is 0.227. The number of terminal acetylenes is 1. The molecule has 8 aromatic rings. The summed E-state index contributed by atoms with van der Waals surface area (Å²) in [5, 5.41) is 10.8. The van der Waals surface area contributed by atoms with Crippen LogP contribution in [0.2, 0.25) is 10.0 Å². The Labute approximate surface area is 449 Å². The fraction of sp³-hybridized carbons (Fsp3) is 0.179. The van der Waals surface area contributed by atoms with Gasteiger partial charge in [-0.15, -0.1) is 6.42 Å². The van der Waals surface area contributed by atoms with Crippen molar-refractivity contribution >= 4 is 102 Å². The molecule has 6 N–H and O–H groups in total. The van der Waals surface area contributed by atoms with E-state index >= 15 is 0 Å². The van der Waals surface area contributed by atoms with Crippen LogP contribution in [0.1, 0.15) is 48.5 Å². The maximum Gasteiger partial charge on any atom is 0.255 e. The standard InChI is InChI=1S/C28H26ClN5O2.C19H21N3O2.C9H6ClIN2/c1-18-4-5-20(28(35)33-23-9-11-26(31-17-23)36-13-12-34(2)3)14-19(18)7-10-24-25-15-22(29)8-6-21(25)16-32-27(24)30;1-5-15-12-16(7-6-14(15)2)19(23)21-17-8-9-18(20-13-17)24-11-10-22(3)4;10-6-2-1-5-4-13-9(12)8(11)7(5)3-6/h4-6,8-9,11,14-17H,12-13H2,1-3H3,(H2,30,32)(H,33,35);1,6-9,12-13H,10-11H2,2-4H3,(H,21,23);1-4H,(H2,12,13). The number of nitrogen functional groups attached to an aromatic ring is 2. The highest BCUT2D eigenvalue weighted by atomic mass is 127. The lowest BCUT2D eigenvalue weighted by Gasteiger charge is -2.11. The number of ether oxygens (including phenoxy) is 2. The second kappa shape index (κ2) is 26.3. The van der Waals surface area contributed by atoms with Crippen molar-refractivity contribution in [3.8, 4) is 35.9 Å². The molecule has 0 saturated carbocycles. The van der Waals surface area contributed by atoms with Crippen LogP contribution in [0.5, 0.6) is 11.8 Å². The van der Waals surface area contributed by atoms with Crippen molar-refractivity contribution in [2.45, 2.75) is 13.8 Å². The number of nitrogens with two attached hydrogens (primary N) is 2. The number of amides is 2. The average Bonchev–Trinajstić information content (AvgIpc) is 3.36. The van der Waals surface area contributed by atoms with E-state index in [2.05, 4.69) is 70.9 Å². The van der Waals surface area contributed by atoms with Crippen LogP contribution in [0.4, 0.5) is 23.0 Å². The van der Waals surface area contributed by atoms with E-state index in [0.29, 0.717) is 80.8 Å². The number of pyridine rings is 4. The quantitative estimate of drug-likeness (QED) is 0.0671. The molecule has 14 nitrogen and oxygen atoms in total. The van der Waals surface area contributed by atoms with Gasteiger partial charge in [0.15, 0.2) is 0 Å². The molecule has 0 aliphatic rings. The maximum absolute atomic E-state index is 12.9. The minimum Gasteiger partial charge on any atom is -0.476 e. The molecule has 0 saturated heterocycles. The number of carbonyl (C=O) groups excluding carboxylic acids is 2. The summed E-state index contributed by atoms with van der Waals surface area (Å²) in [6.07, 6.45) is 12.0. The number of likely N-dealkylation sites (N-methyl/N-ethyl adjacent to an activating group) is 2. The van der Waals surface area contributed by atoms with Gasteiger partial charge in [-0.1, -0.05) is 65.2 Å². The van der Waals surface area contributed by atoms with Crippen molar-refractivity contribution in [2.24, 2.45) is 0 Å². The van der Waals surface area contributed by atoms with Crippen molar-refractivity contribution in [3.63, 3.8) is 0 Å². The Morgan fingerprint density at radius 3 is 1.59 bits per heavy atom. The number of nitrogens with one attached hydrogen (secondary N) is 2. The number of anilines is 4. The summed E-state index contributed by atoms with van der Waals surface area (Å²) in [6.45, 7) is 6.54. The van der Waals surface area contributed by atoms with Crippen molar-refractivity contribution in [1.29, 1.82) is 0 Å². The third-order valence-electron chi connectivity index (χ3n) is 10.7. The number of rotatable bonds is 12. The number of hydrogen-bond acceptors (Lipinski definition) is 12. The number of benzene rings is 4. The van der Waals surface area contributed by atoms with Gasteiger partial charge < -0.3 is 41.4 Å². The molecule has 0 radical (unpaired) electrons. The van der Waals surface area contributed by atoms with Gasteiger partial charge in [-0.05, 0) is 136 Å². The van der Waals surface area contributed by atoms with Gasteiger partial charge >= 0.3 is 0 Å². The first-order valence-electron chi connectivity index (χ1n) is 22.6. The van der Waals surface area contributed by atoms with Gasteiger partial charge in [-0.2, -0.15) is 0 Å². The summed E-state index contributed by atoms with van der Waals surface area (Å²) >= 11 is 14.2. The molecule has 0 atom stereocenters. The van der Waals surface area contributed by atoms with Crippen molar-refractivity contribution in [2.75, 3.05) is 76.6 Å². The highest BCUT2D eigenvalue weighted by Gasteiger charge is 2.12. The smallest absolute Gasteiger partial charge is 0.255 e. The molecule has 0 aliphatic carbocycles. The van der Waals surface area contributed by atoms with E-state index in [9.17, 15) is 9.59 Å². The van der Waals surface area contributed by atoms with Crippen LogP contribution in [0.15, 0.2) is 122 Å². The Bertz CT molecular complexity index is 3350. The third kappa shape index (κ3) is 16.0. The number of aromatic nitrogens is 4. The minimum atomic E-state index is -0.265. The second-order valence-corrected chi connectivity index (χ2v) is 18.8. The normalized spacial score (nSPS) is 10.5. The number of halogens is 3. The fourth-order valence-corrected chi connectivity index (χ4v) is 7.54. The molecular weight excluding hydrogens is 1070 g/mol. The molecule has 2 amide bonds. The molecule has 4 aromatic carbocycles. The Morgan fingerprint density at radius 1 is 0.616 bits per heavy atom. The van der Waals surface area contributed by atoms with E-state index in [0.717, 1.165) is 54.4 Å². The highest BCUT2D eigenvalue weighted by molar-refractivity contribution is 14.1. The van der Waals surface area contributed by atoms with Gasteiger partial charge in [0.25, 0.3) is 11.8 Å². The fourth-order valence-electron chi connectivity index (χ4n) is 6.59. The first-order chi connectivity index (χ1) is 35.0. The van der Waals surface area contributed by atoms with Crippen LogP contribution in [-0.2, 0) is 0 Å². The lowest BCUT2D eigenvalue weighted by molar-refractivity contribution is 0.101. The summed E-state index contributed by atoms with van der Waals surface area (Å²) < 4.78 is 12.1. The summed E-state index contributed by atoms with van der Waals surface area (Å²) in [7, 11) is 7.91. The Morgan fingerprint density at radius 2 is 1.10 bits per heavy atom. The molecule has 0 aliphatic heterocycles. The predicted octanol–water partition coefficient (Wildman–Crippen LogP) is 10.4. The monoisotopic (exact) mass is 1130 g/mol. The van der Waals surface area contributed by atoms with Gasteiger partial charge in [0.2, 0.25) is 11.8 Å². The summed E-state index contributed by atoms with van der Waals surface area (Å²) in [5.74, 6) is 10.3. The number of aryl methyl sites for hydroxylation is 2. The molecular formula is C56H53Cl2IN10O4. The Kier molecular flexibility index (Phi) is 19.7. The molecule has 0 bridgehead atoms. The molecule has 0 spiro atoms. The Balaban J connectivity index is 0.000000200. The Hall–Kier alpha value is -7.51. The number of fused-ring (bicyclic) bond motifs is 2. The van der Waals surface area contributed by atoms with E-state index in [1.54, 1.807) is 79.4 Å². The van der Waals surface area contributed by atoms with E-state index in [-0.39, 0.29) is 11.8 Å². The van der Waals surface area contributed by atoms with E-state index in [4.69, 9.17) is 50.6 Å². The SMILES string of the molecule is C#Cc1cc(C(=O)Nc2ccc(OCCN(C)C)nc2)ccc1C.Cc1ccc(C(=O)Nc2ccc(OCCN(C)C)nc2)cc1C#Cc1c(N)ncc2ccc(Cl)cc12.Nc1ncc2ccc(Cl)cc2c1I. The summed E-state index contributed by atoms with van der Waals surface area (Å²) in [4.78, 5) is 46.0. The summed E-state index contributed by atoms with van der Waals surface area (Å²) in [5.41, 5.74) is 17.9. The summed E-state index contributed by atoms with van der Waals surface area (Å²) in [6, 6.07) is 28.8. The van der Waals surface area contributed by atoms with Crippen LogP contribution in [0.25, 0.3) is 21.5 Å². The van der Waals surface area contributed by atoms with Crippen molar-refractivity contribution < 1.29 is 19.1 Å². The van der Waals surface area contributed by atoms with Crippen molar-refractivity contribution in [3.05, 3.63) is 174 Å². The van der Waals surface area contributed by atoms with Crippen molar-refractivity contribution in [1.82, 2.24) is 29.7 Å². The van der Waals surface area contributed by atoms with E-state index < -0.39 is 0 Å². The van der Waals surface area contributed by atoms with Gasteiger partial charge in [0.05, 0.1) is 32.9 Å². The predicted molar refractivity (Wildman–Crippen MR) is 304 cm³/mol. The zero-order chi connectivity index (χ0) is 52.6. The first kappa shape index (κ1) is 54.8. The molecule has 73 heavy (non-hydrogen) atoms. The van der Waals surface area contributed by atoms with Crippen LogP contribution >= 0.6 is 45.8 Å². The van der Waals surface area contributed by atoms with Gasteiger partial charge in [-0.3, -0.25) is 9.59 Å². The number of nitrogens with zero attached hydrogens (tertiary/aromatic N) is 6. The van der Waals surface area contributed by atoms with E-state index in [1.807, 2.05) is 94.3 Å². The maximum atomic E-state index is 12.9. The number of carbonyl (C=O) groups is 2. The largest absolute Gasteiger partial charge is 0.476 e. The highest BCUT2D eigenvalue weighted by Crippen LogP contribution is 2.27. The molecule has 0 fully saturated rings. The molecule has 17 heteroatoms. The van der Waals surface area contributed by atoms with Crippen LogP contribution in [-0.4, -0.2) is 96.0 Å². The lowest BCUT2D eigenvalue weighted by Crippen LogP contribution is -2.19.